The zero-order chi connectivity index (χ0) is 3.58. The Balaban J connectivity index is -0.0000000150. The molecule has 0 aliphatic carbocycles. The van der Waals surface area contributed by atoms with Gasteiger partial charge in [0, 0.05) is 36.5 Å². The first-order chi connectivity index (χ1) is 1.73. The molecule has 2 radical (unpaired) electrons. The third-order valence-electron chi connectivity index (χ3n) is 0. The smallest absolute Gasteiger partial charge is 0.652 e. The van der Waals surface area contributed by atoms with Gasteiger partial charge in [0.2, 0.25) is 0 Å². The Kier molecular flexibility index (Phi) is 55.6. The van der Waals surface area contributed by atoms with Crippen molar-refractivity contribution in [2.75, 3.05) is 0 Å². The Morgan fingerprint density at radius 1 is 1.29 bits per heavy atom. The Bertz CT molecular complexity index is 37.9. The fraction of sp³-hybridized carbons (Fsp3) is 0. The summed E-state index contributed by atoms with van der Waals surface area (Å²) in [4.78, 5) is 8.33. The van der Waals surface area contributed by atoms with Crippen molar-refractivity contribution in [3.8, 4) is 0 Å². The first-order valence-corrected chi connectivity index (χ1v) is 0.612. The minimum absolute atomic E-state index is 0. The maximum absolute atomic E-state index is 8.33. The molecule has 0 N–H and O–H groups in total. The summed E-state index contributed by atoms with van der Waals surface area (Å²) in [5.41, 5.74) is 0. The van der Waals surface area contributed by atoms with Crippen molar-refractivity contribution >= 4 is 6.16 Å². The molecule has 6 heteroatoms. The predicted molar refractivity (Wildman–Crippen MR) is 5.40 cm³/mol. The second kappa shape index (κ2) is 15.8. The molecule has 0 aromatic carbocycles. The van der Waals surface area contributed by atoms with Crippen LogP contribution in [0.4, 0.5) is 4.79 Å². The van der Waals surface area contributed by atoms with E-state index in [9.17, 15) is 0 Å². The molecular formula is CCuMnO3Zn. The molecule has 0 aliphatic heterocycles. The van der Waals surface area contributed by atoms with Gasteiger partial charge in [-0.05, 0) is 6.16 Å². The number of hydrogen-bond acceptors (Lipinski definition) is 3. The quantitative estimate of drug-likeness (QED) is 0.444. The molecular weight excluding hydrogens is 244 g/mol. The van der Waals surface area contributed by atoms with E-state index in [4.69, 9.17) is 15.0 Å². The summed E-state index contributed by atoms with van der Waals surface area (Å²) >= 11 is 0. The standard InChI is InChI=1S/CH2O3.Cu.Mn.Zn/c2-1(3)4;;;/h(H2,2,3,4);;;/q;;+2;/p-2. The van der Waals surface area contributed by atoms with Gasteiger partial charge in [0.15, 0.2) is 0 Å². The molecule has 3 nitrogen and oxygen atoms in total. The molecule has 0 unspecified atom stereocenters. The second-order valence-corrected chi connectivity index (χ2v) is 0.250. The van der Waals surface area contributed by atoms with Crippen LogP contribution in [0.1, 0.15) is 0 Å². The zero-order valence-corrected chi connectivity index (χ0v) is 8.20. The summed E-state index contributed by atoms with van der Waals surface area (Å²) in [6.07, 6.45) is -2.33. The van der Waals surface area contributed by atoms with Crippen LogP contribution in [-0.4, -0.2) is 6.16 Å². The van der Waals surface area contributed by atoms with Crippen LogP contribution in [0.2, 0.25) is 0 Å². The number of carbonyl (C=O) groups is 1. The number of rotatable bonds is 0. The summed E-state index contributed by atoms with van der Waals surface area (Å²) in [6.45, 7) is 0. The molecule has 0 bridgehead atoms. The van der Waals surface area contributed by atoms with Gasteiger partial charge in [0.05, 0.1) is 0 Å². The van der Waals surface area contributed by atoms with Gasteiger partial charge in [-0.3, -0.25) is 0 Å². The van der Waals surface area contributed by atoms with E-state index in [1.807, 2.05) is 0 Å². The molecule has 0 aromatic rings. The molecule has 0 spiro atoms. The molecule has 0 saturated carbocycles. The van der Waals surface area contributed by atoms with E-state index >= 15 is 0 Å². The van der Waals surface area contributed by atoms with Crippen molar-refractivity contribution in [2.24, 2.45) is 0 Å². The van der Waals surface area contributed by atoms with Gasteiger partial charge in [0.1, 0.15) is 0 Å². The molecule has 0 aliphatic rings. The van der Waals surface area contributed by atoms with Crippen LogP contribution in [-0.2, 0) is 53.6 Å². The normalized spacial score (nSPS) is 3.43. The monoisotopic (exact) mass is 242 g/mol. The molecule has 0 amide bonds. The summed E-state index contributed by atoms with van der Waals surface area (Å²) in [7, 11) is 0. The van der Waals surface area contributed by atoms with Gasteiger partial charge in [-0.1, -0.05) is 0 Å². The van der Waals surface area contributed by atoms with Crippen molar-refractivity contribution in [3.63, 3.8) is 0 Å². The summed E-state index contributed by atoms with van der Waals surface area (Å²) in [5, 5.41) is 16.7. The number of carbonyl (C=O) groups excluding carboxylic acids is 1. The molecule has 0 heterocycles. The van der Waals surface area contributed by atoms with E-state index in [2.05, 4.69) is 0 Å². The first kappa shape index (κ1) is 24.7. The average molecular weight is 244 g/mol. The van der Waals surface area contributed by atoms with Gasteiger partial charge >= 0.3 is 17.1 Å². The van der Waals surface area contributed by atoms with Crippen LogP contribution in [0.5, 0.6) is 0 Å². The third kappa shape index (κ3) is 194. The van der Waals surface area contributed by atoms with Crippen LogP contribution in [0.15, 0.2) is 0 Å². The minimum Gasteiger partial charge on any atom is -0.652 e. The molecule has 0 saturated heterocycles. The number of hydrogen-bond donors (Lipinski definition) is 0. The van der Waals surface area contributed by atoms with Crippen LogP contribution in [0.25, 0.3) is 0 Å². The fourth-order valence-electron chi connectivity index (χ4n) is 0. The largest absolute Gasteiger partial charge is 2.00 e. The minimum atomic E-state index is -2.33. The van der Waals surface area contributed by atoms with Crippen LogP contribution in [0, 0.1) is 0 Å². The van der Waals surface area contributed by atoms with E-state index in [1.54, 1.807) is 0 Å². The molecule has 0 atom stereocenters. The summed E-state index contributed by atoms with van der Waals surface area (Å²) in [6, 6.07) is 0. The Morgan fingerprint density at radius 3 is 1.29 bits per heavy atom. The summed E-state index contributed by atoms with van der Waals surface area (Å²) in [5.74, 6) is 0. The van der Waals surface area contributed by atoms with Crippen molar-refractivity contribution in [1.29, 1.82) is 0 Å². The van der Waals surface area contributed by atoms with Crippen LogP contribution in [0.3, 0.4) is 0 Å². The molecule has 42 valence electrons. The zero-order valence-electron chi connectivity index (χ0n) is 3.11. The maximum atomic E-state index is 8.33. The van der Waals surface area contributed by atoms with Crippen molar-refractivity contribution in [2.45, 2.75) is 0 Å². The number of carboxylic acid groups (broad SMARTS) is 2. The Morgan fingerprint density at radius 2 is 1.29 bits per heavy atom. The maximum Gasteiger partial charge on any atom is 2.00 e. The summed E-state index contributed by atoms with van der Waals surface area (Å²) < 4.78 is 0. The topological polar surface area (TPSA) is 63.2 Å². The van der Waals surface area contributed by atoms with Crippen molar-refractivity contribution < 1.29 is 68.6 Å². The van der Waals surface area contributed by atoms with E-state index in [1.165, 1.54) is 0 Å². The van der Waals surface area contributed by atoms with E-state index in [-0.39, 0.29) is 53.6 Å². The van der Waals surface area contributed by atoms with E-state index in [0.29, 0.717) is 0 Å². The second-order valence-electron chi connectivity index (χ2n) is 0.250. The van der Waals surface area contributed by atoms with Gasteiger partial charge in [-0.25, -0.2) is 0 Å². The predicted octanol–water partition coefficient (Wildman–Crippen LogP) is -2.45. The third-order valence-corrected chi connectivity index (χ3v) is 0. The fourth-order valence-corrected chi connectivity index (χ4v) is 0. The Hall–Kier alpha value is 0.932. The molecule has 0 aromatic heterocycles. The van der Waals surface area contributed by atoms with E-state index < -0.39 is 6.16 Å². The van der Waals surface area contributed by atoms with Crippen molar-refractivity contribution in [1.82, 2.24) is 0 Å². The van der Waals surface area contributed by atoms with Crippen LogP contribution < -0.4 is 10.2 Å². The molecule has 0 rings (SSSR count). The van der Waals surface area contributed by atoms with Gasteiger partial charge < -0.3 is 15.0 Å². The SMILES string of the molecule is O=C([O-])[O-].[Cu].[Mn+2].[Zn]. The molecule has 7 heavy (non-hydrogen) atoms. The Labute approximate surface area is 74.6 Å². The first-order valence-electron chi connectivity index (χ1n) is 0.612. The average Bonchev–Trinajstić information content (AvgIpc) is 0.811. The van der Waals surface area contributed by atoms with Crippen LogP contribution >= 0.6 is 0 Å². The molecule has 0 fully saturated rings. The van der Waals surface area contributed by atoms with Gasteiger partial charge in [-0.15, -0.1) is 0 Å². The van der Waals surface area contributed by atoms with E-state index in [0.717, 1.165) is 0 Å². The van der Waals surface area contributed by atoms with Crippen molar-refractivity contribution in [3.05, 3.63) is 0 Å². The van der Waals surface area contributed by atoms with Gasteiger partial charge in [-0.2, -0.15) is 0 Å². The van der Waals surface area contributed by atoms with Gasteiger partial charge in [0.25, 0.3) is 0 Å².